The van der Waals surface area contributed by atoms with E-state index in [-0.39, 0.29) is 45.7 Å². The molecule has 9 heteroatoms. The second kappa shape index (κ2) is 9.50. The van der Waals surface area contributed by atoms with Crippen LogP contribution in [0.5, 0.6) is 0 Å². The minimum Gasteiger partial charge on any atom is -0.364 e. The number of alkyl halides is 2. The maximum atomic E-state index is 14.9. The zero-order valence-electron chi connectivity index (χ0n) is 20.9. The fourth-order valence-electron chi connectivity index (χ4n) is 7.51. The van der Waals surface area contributed by atoms with Crippen LogP contribution >= 0.6 is 0 Å². The lowest BCUT2D eigenvalue weighted by Crippen LogP contribution is -2.36. The van der Waals surface area contributed by atoms with Crippen molar-refractivity contribution >= 4 is 22.6 Å². The summed E-state index contributed by atoms with van der Waals surface area (Å²) in [7, 11) is 0. The number of benzene rings is 1. The number of ketones is 1. The molecule has 1 N–H and O–H groups in total. The number of nitrogens with zero attached hydrogens (tertiary/aromatic N) is 2. The zero-order chi connectivity index (χ0) is 26.6. The van der Waals surface area contributed by atoms with Gasteiger partial charge in [-0.15, -0.1) is 0 Å². The normalized spacial score (nSPS) is 26.2. The van der Waals surface area contributed by atoms with E-state index < -0.39 is 30.0 Å². The van der Waals surface area contributed by atoms with Gasteiger partial charge in [0.2, 0.25) is 5.43 Å². The van der Waals surface area contributed by atoms with Crippen LogP contribution in [0.4, 0.5) is 23.4 Å². The van der Waals surface area contributed by atoms with E-state index >= 15 is 0 Å². The van der Waals surface area contributed by atoms with E-state index in [2.05, 4.69) is 10.3 Å². The fraction of sp³-hybridized carbons (Fsp3) is 0.483. The summed E-state index contributed by atoms with van der Waals surface area (Å²) < 4.78 is 55.3. The molecule has 4 aliphatic rings. The molecule has 2 unspecified atom stereocenters. The number of rotatable bonds is 7. The molecule has 0 aliphatic heterocycles. The van der Waals surface area contributed by atoms with Crippen LogP contribution in [0, 0.1) is 34.8 Å². The molecule has 38 heavy (non-hydrogen) atoms. The van der Waals surface area contributed by atoms with E-state index in [4.69, 9.17) is 0 Å². The summed E-state index contributed by atoms with van der Waals surface area (Å²) in [4.78, 5) is 31.6. The van der Waals surface area contributed by atoms with Crippen LogP contribution in [0.1, 0.15) is 61.7 Å². The molecule has 7 rings (SSSR count). The van der Waals surface area contributed by atoms with Gasteiger partial charge in [-0.25, -0.2) is 22.5 Å². The molecule has 0 radical (unpaired) electrons. The van der Waals surface area contributed by atoms with Gasteiger partial charge in [0.1, 0.15) is 17.5 Å². The number of carbonyl (C=O) groups excluding carboxylic acids is 1. The van der Waals surface area contributed by atoms with E-state index in [1.54, 1.807) is 0 Å². The number of nitrogens with one attached hydrogen (secondary N) is 1. The Morgan fingerprint density at radius 3 is 2.53 bits per heavy atom. The van der Waals surface area contributed by atoms with Gasteiger partial charge in [0.25, 0.3) is 6.43 Å². The van der Waals surface area contributed by atoms with Crippen LogP contribution in [-0.2, 0) is 0 Å². The van der Waals surface area contributed by atoms with Gasteiger partial charge in [-0.3, -0.25) is 14.2 Å². The molecule has 4 aliphatic carbocycles. The molecule has 2 heterocycles. The van der Waals surface area contributed by atoms with E-state index in [9.17, 15) is 27.2 Å². The monoisotopic (exact) mass is 527 g/mol. The van der Waals surface area contributed by atoms with Crippen molar-refractivity contribution in [2.45, 2.75) is 57.8 Å². The van der Waals surface area contributed by atoms with Gasteiger partial charge in [-0.05, 0) is 92.4 Å². The summed E-state index contributed by atoms with van der Waals surface area (Å²) in [5.74, 6) is 0.0955. The largest absolute Gasteiger partial charge is 0.364 e. The van der Waals surface area contributed by atoms with Crippen molar-refractivity contribution < 1.29 is 22.4 Å². The second-order valence-corrected chi connectivity index (χ2v) is 11.5. The summed E-state index contributed by atoms with van der Waals surface area (Å²) >= 11 is 0. The molecule has 3 aromatic rings. The number of hydrogen-bond donors (Lipinski definition) is 1. The topological polar surface area (TPSA) is 64.0 Å². The van der Waals surface area contributed by atoms with E-state index in [1.807, 2.05) is 0 Å². The summed E-state index contributed by atoms with van der Waals surface area (Å²) in [5.41, 5.74) is -0.828. The van der Waals surface area contributed by atoms with Crippen LogP contribution in [0.3, 0.4) is 0 Å². The highest BCUT2D eigenvalue weighted by molar-refractivity contribution is 5.99. The number of anilines is 1. The summed E-state index contributed by atoms with van der Waals surface area (Å²) in [6.07, 6.45) is 6.69. The third kappa shape index (κ3) is 4.60. The van der Waals surface area contributed by atoms with Crippen molar-refractivity contribution in [3.63, 3.8) is 0 Å². The molecular weight excluding hydrogens is 498 g/mol. The molecule has 2 aromatic heterocycles. The van der Waals surface area contributed by atoms with Gasteiger partial charge in [0, 0.05) is 18.7 Å². The van der Waals surface area contributed by atoms with Gasteiger partial charge in [0.15, 0.2) is 11.4 Å². The van der Waals surface area contributed by atoms with Crippen molar-refractivity contribution in [1.29, 1.82) is 0 Å². The first kappa shape index (κ1) is 25.1. The summed E-state index contributed by atoms with van der Waals surface area (Å²) in [6.45, 7) is -0.658. The molecule has 2 atom stereocenters. The molecule has 0 spiro atoms. The fourth-order valence-corrected chi connectivity index (χ4v) is 7.51. The van der Waals surface area contributed by atoms with Crippen molar-refractivity contribution in [2.75, 3.05) is 11.9 Å². The predicted molar refractivity (Wildman–Crippen MR) is 136 cm³/mol. The number of carbonyl (C=O) groups is 1. The first-order chi connectivity index (χ1) is 18.2. The first-order valence-corrected chi connectivity index (χ1v) is 13.3. The molecular formula is C29H29F4N3O2. The maximum Gasteiger partial charge on any atom is 0.255 e. The standard InChI is InChI=1S/C29H29F4N3O2/c30-19-1-3-23(22(31)10-19)36-15-21(27(38)20-2-4-26(35-28(20)36)34-14-25(32)33)24(37)13-29-6-5-16-7-17(11-29)9-18(8-16)12-29/h1-4,10,15-18,25H,5-9,11-14H2,(H,34,35). The van der Waals surface area contributed by atoms with Gasteiger partial charge in [-0.2, -0.15) is 0 Å². The molecule has 4 fully saturated rings. The minimum atomic E-state index is -2.63. The Morgan fingerprint density at radius 2 is 1.82 bits per heavy atom. The molecule has 0 amide bonds. The zero-order valence-corrected chi connectivity index (χ0v) is 20.9. The van der Waals surface area contributed by atoms with Gasteiger partial charge in [-0.1, -0.05) is 0 Å². The van der Waals surface area contributed by atoms with Crippen LogP contribution in [-0.4, -0.2) is 28.3 Å². The summed E-state index contributed by atoms with van der Waals surface area (Å²) in [6, 6.07) is 5.77. The quantitative estimate of drug-likeness (QED) is 0.281. The average molecular weight is 528 g/mol. The van der Waals surface area contributed by atoms with Crippen LogP contribution in [0.2, 0.25) is 0 Å². The minimum absolute atomic E-state index is 0.0116. The number of aromatic nitrogens is 2. The Balaban J connectivity index is 1.44. The van der Waals surface area contributed by atoms with Gasteiger partial charge < -0.3 is 5.32 Å². The molecule has 4 saturated carbocycles. The Bertz CT molecular complexity index is 1460. The van der Waals surface area contributed by atoms with Crippen molar-refractivity contribution in [1.82, 2.24) is 9.55 Å². The van der Waals surface area contributed by atoms with Crippen molar-refractivity contribution in [2.24, 2.45) is 23.2 Å². The van der Waals surface area contributed by atoms with Gasteiger partial charge in [0.05, 0.1) is 23.2 Å². The van der Waals surface area contributed by atoms with Gasteiger partial charge >= 0.3 is 0 Å². The molecule has 4 bridgehead atoms. The van der Waals surface area contributed by atoms with Crippen molar-refractivity contribution in [3.8, 4) is 5.69 Å². The Morgan fingerprint density at radius 1 is 1.08 bits per heavy atom. The maximum absolute atomic E-state index is 14.9. The highest BCUT2D eigenvalue weighted by Crippen LogP contribution is 2.58. The lowest BCUT2D eigenvalue weighted by atomic mass is 9.60. The number of hydrogen-bond acceptors (Lipinski definition) is 4. The first-order valence-electron chi connectivity index (χ1n) is 13.3. The van der Waals surface area contributed by atoms with E-state index in [0.717, 1.165) is 37.7 Å². The highest BCUT2D eigenvalue weighted by atomic mass is 19.3. The predicted octanol–water partition coefficient (Wildman–Crippen LogP) is 6.52. The summed E-state index contributed by atoms with van der Waals surface area (Å²) in [5, 5.41) is 2.55. The molecule has 1 aromatic carbocycles. The van der Waals surface area contributed by atoms with Crippen LogP contribution in [0.25, 0.3) is 16.7 Å². The highest BCUT2D eigenvalue weighted by Gasteiger charge is 2.48. The van der Waals surface area contributed by atoms with Crippen LogP contribution < -0.4 is 10.7 Å². The average Bonchev–Trinajstić information content (AvgIpc) is 3.06. The van der Waals surface area contributed by atoms with E-state index in [1.165, 1.54) is 48.2 Å². The smallest absolute Gasteiger partial charge is 0.255 e. The third-order valence-electron chi connectivity index (χ3n) is 8.82. The number of halogens is 4. The Kier molecular flexibility index (Phi) is 6.27. The molecule has 200 valence electrons. The third-order valence-corrected chi connectivity index (χ3v) is 8.82. The van der Waals surface area contributed by atoms with E-state index in [0.29, 0.717) is 17.9 Å². The SMILES string of the molecule is O=C(CC12CCC3CC(CC(C3)C1)C2)c1cn(-c2ccc(F)cc2F)c2nc(NCC(F)F)ccc2c1=O. The number of pyridine rings is 2. The Labute approximate surface area is 217 Å². The lowest BCUT2D eigenvalue weighted by Gasteiger charge is -2.45. The molecule has 5 nitrogen and oxygen atoms in total. The lowest BCUT2D eigenvalue weighted by molar-refractivity contribution is 0.0530. The van der Waals surface area contributed by atoms with Crippen LogP contribution in [0.15, 0.2) is 41.3 Å². The number of fused-ring (bicyclic) bond motifs is 2. The molecule has 0 saturated heterocycles. The number of Topliss-reactive ketones (excluding diaryl/α,β-unsaturated/α-hetero) is 1. The van der Waals surface area contributed by atoms with Crippen molar-refractivity contribution in [3.05, 3.63) is 63.9 Å². The second-order valence-electron chi connectivity index (χ2n) is 11.5. The Hall–Kier alpha value is -3.23.